The van der Waals surface area contributed by atoms with E-state index in [2.05, 4.69) is 26.8 Å². The molecule has 0 aromatic heterocycles. The minimum Gasteiger partial charge on any atom is -0.298 e. The molecule has 17 heavy (non-hydrogen) atoms. The molecule has 0 fully saturated rings. The van der Waals surface area contributed by atoms with Gasteiger partial charge in [-0.05, 0) is 18.8 Å². The zero-order valence-corrected chi connectivity index (χ0v) is 11.7. The summed E-state index contributed by atoms with van der Waals surface area (Å²) >= 11 is 0. The van der Waals surface area contributed by atoms with E-state index in [4.69, 9.17) is 5.26 Å². The largest absolute Gasteiger partial charge is 0.298 e. The molecule has 0 spiro atoms. The Morgan fingerprint density at radius 2 is 1.71 bits per heavy atom. The molecule has 2 nitrogen and oxygen atoms in total. The van der Waals surface area contributed by atoms with Crippen molar-refractivity contribution in [3.05, 3.63) is 0 Å². The second kappa shape index (κ2) is 10.3. The van der Waals surface area contributed by atoms with E-state index in [0.29, 0.717) is 18.8 Å². The fourth-order valence-electron chi connectivity index (χ4n) is 1.98. The number of nitrogens with zero attached hydrogens (tertiary/aromatic N) is 1. The molecule has 1 atom stereocenters. The van der Waals surface area contributed by atoms with Crippen molar-refractivity contribution in [2.24, 2.45) is 11.8 Å². The van der Waals surface area contributed by atoms with Gasteiger partial charge >= 0.3 is 0 Å². The van der Waals surface area contributed by atoms with Crippen LogP contribution < -0.4 is 0 Å². The second-order valence-electron chi connectivity index (χ2n) is 5.30. The van der Waals surface area contributed by atoms with Gasteiger partial charge < -0.3 is 0 Å². The maximum absolute atomic E-state index is 11.8. The summed E-state index contributed by atoms with van der Waals surface area (Å²) in [4.78, 5) is 11.8. The zero-order valence-electron chi connectivity index (χ0n) is 11.7. The van der Waals surface area contributed by atoms with Crippen molar-refractivity contribution < 1.29 is 4.79 Å². The van der Waals surface area contributed by atoms with Gasteiger partial charge in [0.05, 0.1) is 6.07 Å². The first-order valence-corrected chi connectivity index (χ1v) is 7.04. The first-order chi connectivity index (χ1) is 8.11. The number of hydrogen-bond donors (Lipinski definition) is 0. The number of unbranched alkanes of at least 4 members (excludes halogenated alkanes) is 5. The number of carbonyl (C=O) groups is 1. The monoisotopic (exact) mass is 237 g/mol. The van der Waals surface area contributed by atoms with Crippen LogP contribution in [0.25, 0.3) is 0 Å². The third-order valence-electron chi connectivity index (χ3n) is 3.03. The highest BCUT2D eigenvalue weighted by atomic mass is 16.1. The molecule has 0 radical (unpaired) electrons. The van der Waals surface area contributed by atoms with Gasteiger partial charge in [0.25, 0.3) is 0 Å². The summed E-state index contributed by atoms with van der Waals surface area (Å²) in [6, 6.07) is 2.14. The Hall–Kier alpha value is -0.840. The van der Waals surface area contributed by atoms with Crippen molar-refractivity contribution in [3.8, 4) is 6.07 Å². The lowest BCUT2D eigenvalue weighted by Gasteiger charge is -2.10. The van der Waals surface area contributed by atoms with E-state index in [1.54, 1.807) is 0 Å². The summed E-state index contributed by atoms with van der Waals surface area (Å²) in [5, 5.41) is 8.95. The van der Waals surface area contributed by atoms with Gasteiger partial charge in [0.15, 0.2) is 0 Å². The summed E-state index contributed by atoms with van der Waals surface area (Å²) in [7, 11) is 0. The van der Waals surface area contributed by atoms with Crippen molar-refractivity contribution in [2.75, 3.05) is 0 Å². The molecule has 0 bridgehead atoms. The average Bonchev–Trinajstić information content (AvgIpc) is 2.30. The fourth-order valence-corrected chi connectivity index (χ4v) is 1.98. The molecule has 0 saturated carbocycles. The number of nitriles is 1. The number of carbonyl (C=O) groups excluding carboxylic acids is 1. The molecule has 0 aliphatic rings. The number of ketones is 1. The van der Waals surface area contributed by atoms with Crippen LogP contribution in [-0.4, -0.2) is 5.78 Å². The lowest BCUT2D eigenvalue weighted by Crippen LogP contribution is -2.14. The van der Waals surface area contributed by atoms with E-state index < -0.39 is 0 Å². The highest BCUT2D eigenvalue weighted by Crippen LogP contribution is 2.16. The van der Waals surface area contributed by atoms with Crippen molar-refractivity contribution >= 4 is 5.78 Å². The Morgan fingerprint density at radius 3 is 2.24 bits per heavy atom. The third-order valence-corrected chi connectivity index (χ3v) is 3.03. The molecule has 0 aromatic rings. The number of Topliss-reactive ketones (excluding diaryl/α,β-unsaturated/α-hetero) is 1. The van der Waals surface area contributed by atoms with Crippen LogP contribution >= 0.6 is 0 Å². The fraction of sp³-hybridized carbons (Fsp3) is 0.867. The van der Waals surface area contributed by atoms with Gasteiger partial charge in [0, 0.05) is 6.42 Å². The van der Waals surface area contributed by atoms with Crippen molar-refractivity contribution in [1.82, 2.24) is 0 Å². The molecule has 1 unspecified atom stereocenters. The standard InChI is InChI=1S/C15H27NO/c1-4-5-6-7-8-9-10-15(17)14(12-16)11-13(2)3/h13-14H,4-11H2,1-3H3. The van der Waals surface area contributed by atoms with Crippen LogP contribution in [0.1, 0.15) is 72.1 Å². The van der Waals surface area contributed by atoms with E-state index >= 15 is 0 Å². The van der Waals surface area contributed by atoms with E-state index in [1.807, 2.05) is 0 Å². The molecular formula is C15H27NO. The predicted molar refractivity (Wildman–Crippen MR) is 71.6 cm³/mol. The van der Waals surface area contributed by atoms with E-state index in [-0.39, 0.29) is 11.7 Å². The quantitative estimate of drug-likeness (QED) is 0.525. The van der Waals surface area contributed by atoms with E-state index in [9.17, 15) is 4.79 Å². The molecule has 0 saturated heterocycles. The van der Waals surface area contributed by atoms with Crippen LogP contribution in [0.15, 0.2) is 0 Å². The van der Waals surface area contributed by atoms with Gasteiger partial charge in [0.1, 0.15) is 11.7 Å². The summed E-state index contributed by atoms with van der Waals surface area (Å²) in [5.41, 5.74) is 0. The predicted octanol–water partition coefficient (Wildman–Crippen LogP) is 4.49. The first-order valence-electron chi connectivity index (χ1n) is 7.04. The van der Waals surface area contributed by atoms with Gasteiger partial charge in [-0.25, -0.2) is 0 Å². The third kappa shape index (κ3) is 8.92. The summed E-state index contributed by atoms with van der Waals surface area (Å²) < 4.78 is 0. The van der Waals surface area contributed by atoms with E-state index in [0.717, 1.165) is 12.8 Å². The number of rotatable bonds is 10. The molecule has 0 aliphatic carbocycles. The summed E-state index contributed by atoms with van der Waals surface area (Å²) in [5.74, 6) is 0.204. The molecular weight excluding hydrogens is 210 g/mol. The van der Waals surface area contributed by atoms with Crippen molar-refractivity contribution in [1.29, 1.82) is 5.26 Å². The van der Waals surface area contributed by atoms with Crippen LogP contribution in [0.4, 0.5) is 0 Å². The van der Waals surface area contributed by atoms with Gasteiger partial charge in [-0.3, -0.25) is 4.79 Å². The van der Waals surface area contributed by atoms with Gasteiger partial charge in [0.2, 0.25) is 0 Å². The van der Waals surface area contributed by atoms with Gasteiger partial charge in [-0.15, -0.1) is 0 Å². The second-order valence-corrected chi connectivity index (χ2v) is 5.30. The minimum absolute atomic E-state index is 0.150. The summed E-state index contributed by atoms with van der Waals surface area (Å²) in [6.45, 7) is 6.32. The maximum atomic E-state index is 11.8. The van der Waals surface area contributed by atoms with Crippen LogP contribution in [-0.2, 0) is 4.79 Å². The number of hydrogen-bond acceptors (Lipinski definition) is 2. The smallest absolute Gasteiger partial charge is 0.150 e. The first kappa shape index (κ1) is 16.2. The Morgan fingerprint density at radius 1 is 1.12 bits per heavy atom. The zero-order chi connectivity index (χ0) is 13.1. The van der Waals surface area contributed by atoms with E-state index in [1.165, 1.54) is 25.7 Å². The Labute approximate surface area is 106 Å². The highest BCUT2D eigenvalue weighted by molar-refractivity contribution is 5.83. The SMILES string of the molecule is CCCCCCCCC(=O)C(C#N)CC(C)C. The molecule has 98 valence electrons. The Kier molecular flexibility index (Phi) is 9.81. The molecule has 2 heteroatoms. The molecule has 0 aliphatic heterocycles. The lowest BCUT2D eigenvalue weighted by molar-refractivity contribution is -0.121. The van der Waals surface area contributed by atoms with Gasteiger partial charge in [-0.2, -0.15) is 5.26 Å². The van der Waals surface area contributed by atoms with Crippen molar-refractivity contribution in [2.45, 2.75) is 72.1 Å². The molecule has 0 rings (SSSR count). The molecule has 0 aromatic carbocycles. The van der Waals surface area contributed by atoms with Crippen LogP contribution in [0.3, 0.4) is 0 Å². The average molecular weight is 237 g/mol. The normalized spacial score (nSPS) is 12.4. The molecule has 0 N–H and O–H groups in total. The Bertz CT molecular complexity index is 240. The minimum atomic E-state index is -0.370. The highest BCUT2D eigenvalue weighted by Gasteiger charge is 2.18. The maximum Gasteiger partial charge on any atom is 0.150 e. The summed E-state index contributed by atoms with van der Waals surface area (Å²) in [6.07, 6.45) is 8.44. The van der Waals surface area contributed by atoms with Crippen molar-refractivity contribution in [3.63, 3.8) is 0 Å². The molecule has 0 amide bonds. The van der Waals surface area contributed by atoms with Crippen LogP contribution in [0.5, 0.6) is 0 Å². The lowest BCUT2D eigenvalue weighted by atomic mass is 9.92. The van der Waals surface area contributed by atoms with Crippen LogP contribution in [0, 0.1) is 23.2 Å². The van der Waals surface area contributed by atoms with Gasteiger partial charge in [-0.1, -0.05) is 52.9 Å². The topological polar surface area (TPSA) is 40.9 Å². The Balaban J connectivity index is 3.66. The van der Waals surface area contributed by atoms with Crippen LogP contribution in [0.2, 0.25) is 0 Å². The molecule has 0 heterocycles.